The van der Waals surface area contributed by atoms with Crippen LogP contribution in [0.3, 0.4) is 0 Å². The van der Waals surface area contributed by atoms with Crippen molar-refractivity contribution in [3.05, 3.63) is 88.2 Å². The van der Waals surface area contributed by atoms with Gasteiger partial charge in [0.2, 0.25) is 0 Å². The summed E-state index contributed by atoms with van der Waals surface area (Å²) in [6, 6.07) is 14.7. The molecule has 250 valence electrons. The summed E-state index contributed by atoms with van der Waals surface area (Å²) >= 11 is 0. The Morgan fingerprint density at radius 2 is 1.77 bits per heavy atom. The highest BCUT2D eigenvalue weighted by molar-refractivity contribution is 7.90. The van der Waals surface area contributed by atoms with Crippen LogP contribution in [0.4, 0.5) is 14.9 Å². The van der Waals surface area contributed by atoms with Crippen LogP contribution in [0.2, 0.25) is 0 Å². The van der Waals surface area contributed by atoms with Crippen LogP contribution in [0.5, 0.6) is 0 Å². The van der Waals surface area contributed by atoms with Crippen LogP contribution >= 0.6 is 0 Å². The first kappa shape index (κ1) is 35.2. The number of nitrogens with zero attached hydrogens (tertiary/aromatic N) is 3. The summed E-state index contributed by atoms with van der Waals surface area (Å²) in [4.78, 5) is 44.5. The molecular weight excluding hydrogens is 625 g/mol. The molecule has 0 unspecified atom stereocenters. The average molecular weight is 666 g/mol. The Morgan fingerprint density at radius 3 is 2.43 bits per heavy atom. The third-order valence-corrected chi connectivity index (χ3v) is 8.93. The predicted octanol–water partition coefficient (Wildman–Crippen LogP) is 5.16. The van der Waals surface area contributed by atoms with Crippen molar-refractivity contribution in [3.8, 4) is 11.1 Å². The normalized spacial score (nSPS) is 11.7. The van der Waals surface area contributed by atoms with Crippen molar-refractivity contribution < 1.29 is 27.1 Å². The minimum atomic E-state index is -4.30. The maximum atomic E-state index is 15.7. The molecule has 0 aliphatic rings. The molecule has 2 N–H and O–H groups in total. The number of aromatic nitrogens is 2. The molecule has 4 rings (SSSR count). The fourth-order valence-corrected chi connectivity index (χ4v) is 6.00. The van der Waals surface area contributed by atoms with Crippen LogP contribution in [-0.4, -0.2) is 61.1 Å². The number of halogens is 1. The van der Waals surface area contributed by atoms with Gasteiger partial charge in [0, 0.05) is 42.9 Å². The Kier molecular flexibility index (Phi) is 11.1. The van der Waals surface area contributed by atoms with E-state index >= 15 is 4.39 Å². The van der Waals surface area contributed by atoms with Crippen LogP contribution < -0.4 is 15.6 Å². The van der Waals surface area contributed by atoms with E-state index in [0.717, 1.165) is 0 Å². The topological polar surface area (TPSA) is 140 Å². The fourth-order valence-electron chi connectivity index (χ4n) is 4.80. The number of anilines is 1. The van der Waals surface area contributed by atoms with Gasteiger partial charge in [0.1, 0.15) is 18.2 Å². The predicted molar refractivity (Wildman–Crippen MR) is 179 cm³/mol. The number of benzene rings is 3. The highest BCUT2D eigenvalue weighted by Crippen LogP contribution is 2.29. The van der Waals surface area contributed by atoms with Crippen LogP contribution in [0.1, 0.15) is 46.0 Å². The summed E-state index contributed by atoms with van der Waals surface area (Å²) in [5.41, 5.74) is 1.12. The molecule has 0 aliphatic carbocycles. The molecule has 4 aromatic rings. The highest BCUT2D eigenvalue weighted by Gasteiger charge is 2.23. The van der Waals surface area contributed by atoms with Gasteiger partial charge in [-0.3, -0.25) is 14.2 Å². The number of nitrogens with one attached hydrogen (secondary N) is 2. The molecule has 0 aliphatic heterocycles. The van der Waals surface area contributed by atoms with E-state index in [0.29, 0.717) is 30.1 Å². The quantitative estimate of drug-likeness (QED) is 0.213. The van der Waals surface area contributed by atoms with Gasteiger partial charge in [-0.05, 0) is 55.7 Å². The smallest absolute Gasteiger partial charge is 0.321 e. The second-order valence-corrected chi connectivity index (χ2v) is 13.5. The number of ether oxygens (including phenoxy) is 1. The zero-order valence-electron chi connectivity index (χ0n) is 27.3. The minimum absolute atomic E-state index is 0.0268. The maximum absolute atomic E-state index is 15.7. The van der Waals surface area contributed by atoms with Gasteiger partial charge < -0.3 is 15.0 Å². The second-order valence-electron chi connectivity index (χ2n) is 11.9. The standard InChI is InChI=1S/C34H40FN5O6S/c1-7-31-37-29-15-14-25(36-34(43)39(6)22(4)5)17-27(29)33(42)40(31)18-24-13-12-23(16-28(24)35)26-10-8-9-11-30(26)47(44,45)38-32(41)20-46-19-21(2)3/h8-17,21-22H,7,18-20H2,1-6H3,(H,36,43)(H,38,41). The molecule has 3 aromatic carbocycles. The number of rotatable bonds is 12. The van der Waals surface area contributed by atoms with Crippen molar-refractivity contribution in [3.63, 3.8) is 0 Å². The summed E-state index contributed by atoms with van der Waals surface area (Å²) in [7, 11) is -2.63. The van der Waals surface area contributed by atoms with Gasteiger partial charge in [-0.25, -0.2) is 27.3 Å². The SMILES string of the molecule is CCc1nc2ccc(NC(=O)N(C)C(C)C)cc2c(=O)n1Cc1ccc(-c2ccccc2S(=O)(=O)NC(=O)COCC(C)C)cc1F. The molecule has 11 nitrogen and oxygen atoms in total. The number of urea groups is 1. The Balaban J connectivity index is 1.63. The van der Waals surface area contributed by atoms with E-state index in [1.54, 1.807) is 37.4 Å². The van der Waals surface area contributed by atoms with Gasteiger partial charge in [0.25, 0.3) is 21.5 Å². The summed E-state index contributed by atoms with van der Waals surface area (Å²) < 4.78 is 50.6. The Morgan fingerprint density at radius 1 is 1.04 bits per heavy atom. The third kappa shape index (κ3) is 8.40. The zero-order chi connectivity index (χ0) is 34.5. The lowest BCUT2D eigenvalue weighted by molar-refractivity contribution is -0.124. The van der Waals surface area contributed by atoms with Crippen LogP contribution in [0.25, 0.3) is 22.0 Å². The van der Waals surface area contributed by atoms with Gasteiger partial charge in [-0.1, -0.05) is 51.1 Å². The molecule has 0 spiro atoms. The minimum Gasteiger partial charge on any atom is -0.371 e. The number of carbonyl (C=O) groups excluding carboxylic acids is 2. The Labute approximate surface area is 273 Å². The van der Waals surface area contributed by atoms with E-state index in [1.165, 1.54) is 39.8 Å². The van der Waals surface area contributed by atoms with Crippen LogP contribution in [0, 0.1) is 11.7 Å². The molecule has 0 saturated carbocycles. The summed E-state index contributed by atoms with van der Waals surface area (Å²) in [6.45, 7) is 9.16. The Bertz CT molecular complexity index is 1960. The third-order valence-electron chi connectivity index (χ3n) is 7.50. The lowest BCUT2D eigenvalue weighted by Crippen LogP contribution is -2.36. The number of hydrogen-bond donors (Lipinski definition) is 2. The van der Waals surface area contributed by atoms with Crippen molar-refractivity contribution in [2.75, 3.05) is 25.6 Å². The van der Waals surface area contributed by atoms with Crippen LogP contribution in [0.15, 0.2) is 70.4 Å². The van der Waals surface area contributed by atoms with Crippen molar-refractivity contribution in [1.82, 2.24) is 19.2 Å². The van der Waals surface area contributed by atoms with E-state index in [2.05, 4.69) is 10.3 Å². The zero-order valence-corrected chi connectivity index (χ0v) is 28.2. The number of hydrogen-bond acceptors (Lipinski definition) is 7. The number of sulfonamides is 1. The molecule has 13 heteroatoms. The van der Waals surface area contributed by atoms with Gasteiger partial charge >= 0.3 is 6.03 Å². The molecular formula is C34H40FN5O6S. The van der Waals surface area contributed by atoms with Crippen molar-refractivity contribution in [1.29, 1.82) is 0 Å². The van der Waals surface area contributed by atoms with Crippen molar-refractivity contribution >= 4 is 38.6 Å². The molecule has 1 heterocycles. The van der Waals surface area contributed by atoms with Crippen molar-refractivity contribution in [2.24, 2.45) is 5.92 Å². The number of carbonyl (C=O) groups is 2. The van der Waals surface area contributed by atoms with E-state index in [1.807, 2.05) is 39.3 Å². The lowest BCUT2D eigenvalue weighted by Gasteiger charge is -2.22. The fraction of sp³-hybridized carbons (Fsp3) is 0.353. The summed E-state index contributed by atoms with van der Waals surface area (Å²) in [5, 5.41) is 3.05. The number of fused-ring (bicyclic) bond motifs is 1. The van der Waals surface area contributed by atoms with E-state index in [4.69, 9.17) is 4.74 Å². The first-order valence-corrected chi connectivity index (χ1v) is 16.8. The van der Waals surface area contributed by atoms with Gasteiger partial charge in [-0.2, -0.15) is 0 Å². The molecule has 3 amide bonds. The molecule has 1 aromatic heterocycles. The van der Waals surface area contributed by atoms with E-state index in [9.17, 15) is 22.8 Å². The monoisotopic (exact) mass is 665 g/mol. The van der Waals surface area contributed by atoms with Gasteiger partial charge in [-0.15, -0.1) is 0 Å². The Hall–Kier alpha value is -4.62. The van der Waals surface area contributed by atoms with Gasteiger partial charge in [0.15, 0.2) is 0 Å². The summed E-state index contributed by atoms with van der Waals surface area (Å²) in [6.07, 6.45) is 0.405. The molecule has 0 saturated heterocycles. The molecule has 0 atom stereocenters. The van der Waals surface area contributed by atoms with E-state index < -0.39 is 33.9 Å². The molecule has 0 fully saturated rings. The first-order valence-electron chi connectivity index (χ1n) is 15.3. The number of aryl methyl sites for hydroxylation is 1. The average Bonchev–Trinajstić information content (AvgIpc) is 3.02. The largest absolute Gasteiger partial charge is 0.371 e. The van der Waals surface area contributed by atoms with Gasteiger partial charge in [0.05, 0.1) is 22.3 Å². The lowest BCUT2D eigenvalue weighted by atomic mass is 10.0. The maximum Gasteiger partial charge on any atom is 0.321 e. The molecule has 0 bridgehead atoms. The van der Waals surface area contributed by atoms with Crippen LogP contribution in [-0.2, 0) is 32.5 Å². The number of amides is 3. The summed E-state index contributed by atoms with van der Waals surface area (Å²) in [5.74, 6) is -0.855. The second kappa shape index (κ2) is 14.9. The van der Waals surface area contributed by atoms with E-state index in [-0.39, 0.29) is 51.5 Å². The molecule has 0 radical (unpaired) electrons. The van der Waals surface area contributed by atoms with Crippen molar-refractivity contribution in [2.45, 2.75) is 58.5 Å². The highest BCUT2D eigenvalue weighted by atomic mass is 32.2. The first-order chi connectivity index (χ1) is 22.2. The molecule has 47 heavy (non-hydrogen) atoms.